The highest BCUT2D eigenvalue weighted by atomic mass is 32.2. The fourth-order valence-corrected chi connectivity index (χ4v) is 5.13. The molecule has 0 radical (unpaired) electrons. The van der Waals surface area contributed by atoms with Crippen molar-refractivity contribution < 1.29 is 24.1 Å². The quantitative estimate of drug-likeness (QED) is 0.634. The third-order valence-electron chi connectivity index (χ3n) is 4.42. The Balaban J connectivity index is 1.81. The zero-order chi connectivity index (χ0) is 17.8. The molecule has 0 aliphatic carbocycles. The van der Waals surface area contributed by atoms with E-state index >= 15 is 0 Å². The van der Waals surface area contributed by atoms with E-state index in [9.17, 15) is 5.11 Å². The minimum atomic E-state index is -1.64. The predicted molar refractivity (Wildman–Crippen MR) is 93.7 cm³/mol. The van der Waals surface area contributed by atoms with Gasteiger partial charge in [-0.05, 0) is 20.1 Å². The number of aliphatic hydroxyl groups is 1. The van der Waals surface area contributed by atoms with Crippen LogP contribution in [-0.4, -0.2) is 59.1 Å². The summed E-state index contributed by atoms with van der Waals surface area (Å²) in [6.45, 7) is 3.96. The molecule has 9 heteroatoms. The molecule has 2 aromatic rings. The normalized spacial score (nSPS) is 33.9. The van der Waals surface area contributed by atoms with Crippen LogP contribution in [0, 0.1) is 0 Å². The Bertz CT molecular complexity index is 798. The Kier molecular flexibility index (Phi) is 4.31. The molecule has 4 rings (SSSR count). The largest absolute Gasteiger partial charge is 0.382 e. The van der Waals surface area contributed by atoms with E-state index in [1.807, 2.05) is 25.5 Å². The lowest BCUT2D eigenvalue weighted by Crippen LogP contribution is -2.40. The van der Waals surface area contributed by atoms with Gasteiger partial charge in [-0.3, -0.25) is 0 Å². The molecule has 1 N–H and O–H groups in total. The maximum atomic E-state index is 11.5. The van der Waals surface area contributed by atoms with Crippen molar-refractivity contribution in [3.8, 4) is 0 Å². The Morgan fingerprint density at radius 1 is 1.32 bits per heavy atom. The van der Waals surface area contributed by atoms with Gasteiger partial charge < -0.3 is 24.1 Å². The van der Waals surface area contributed by atoms with E-state index < -0.39 is 29.9 Å². The Morgan fingerprint density at radius 2 is 2.12 bits per heavy atom. The van der Waals surface area contributed by atoms with Crippen LogP contribution >= 0.6 is 23.1 Å². The summed E-state index contributed by atoms with van der Waals surface area (Å²) in [6.07, 6.45) is 1.96. The second kappa shape index (κ2) is 6.12. The number of hydrogen-bond donors (Lipinski definition) is 1. The van der Waals surface area contributed by atoms with Crippen molar-refractivity contribution in [2.75, 3.05) is 20.0 Å². The molecule has 0 aromatic carbocycles. The van der Waals surface area contributed by atoms with Gasteiger partial charge in [0.05, 0.1) is 17.0 Å². The summed E-state index contributed by atoms with van der Waals surface area (Å²) in [5.74, 6) is -2.44. The SMILES string of the molecule is COCC1OC(O)(c2scc3c(SC)ncnc23)C2OC(C)(C)OC12. The third kappa shape index (κ3) is 2.69. The van der Waals surface area contributed by atoms with Gasteiger partial charge in [0, 0.05) is 17.9 Å². The van der Waals surface area contributed by atoms with Crippen LogP contribution in [-0.2, 0) is 24.7 Å². The number of thioether (sulfide) groups is 1. The fourth-order valence-electron chi connectivity index (χ4n) is 3.46. The van der Waals surface area contributed by atoms with Gasteiger partial charge in [0.1, 0.15) is 29.7 Å². The molecule has 2 aliphatic rings. The molecule has 25 heavy (non-hydrogen) atoms. The van der Waals surface area contributed by atoms with Gasteiger partial charge in [-0.25, -0.2) is 9.97 Å². The van der Waals surface area contributed by atoms with Crippen LogP contribution in [0.3, 0.4) is 0 Å². The first-order valence-corrected chi connectivity index (χ1v) is 10.0. The van der Waals surface area contributed by atoms with E-state index in [-0.39, 0.29) is 0 Å². The second-order valence-corrected chi connectivity index (χ2v) is 8.21. The van der Waals surface area contributed by atoms with Gasteiger partial charge in [0.2, 0.25) is 5.79 Å². The summed E-state index contributed by atoms with van der Waals surface area (Å²) in [5, 5.41) is 15.2. The zero-order valence-corrected chi connectivity index (χ0v) is 16.0. The predicted octanol–water partition coefficient (Wildman–Crippen LogP) is 2.12. The molecule has 136 valence electrons. The maximum Gasteiger partial charge on any atom is 0.234 e. The van der Waals surface area contributed by atoms with Crippen LogP contribution in [0.5, 0.6) is 0 Å². The van der Waals surface area contributed by atoms with Crippen LogP contribution in [0.2, 0.25) is 0 Å². The minimum Gasteiger partial charge on any atom is -0.382 e. The van der Waals surface area contributed by atoms with Gasteiger partial charge in [0.25, 0.3) is 0 Å². The van der Waals surface area contributed by atoms with Gasteiger partial charge in [-0.1, -0.05) is 0 Å². The van der Waals surface area contributed by atoms with E-state index in [1.54, 1.807) is 7.11 Å². The summed E-state index contributed by atoms with van der Waals surface area (Å²) >= 11 is 2.93. The number of rotatable bonds is 4. The molecular formula is C16H20N2O5S2. The molecule has 2 aliphatic heterocycles. The highest BCUT2D eigenvalue weighted by Gasteiger charge is 2.64. The van der Waals surface area contributed by atoms with Crippen molar-refractivity contribution in [3.05, 3.63) is 16.6 Å². The Labute approximate surface area is 153 Å². The van der Waals surface area contributed by atoms with E-state index in [2.05, 4.69) is 9.97 Å². The maximum absolute atomic E-state index is 11.5. The van der Waals surface area contributed by atoms with Gasteiger partial charge in [-0.15, -0.1) is 23.1 Å². The van der Waals surface area contributed by atoms with E-state index in [0.29, 0.717) is 17.0 Å². The number of aromatic nitrogens is 2. The van der Waals surface area contributed by atoms with Crippen LogP contribution < -0.4 is 0 Å². The molecule has 2 aromatic heterocycles. The summed E-state index contributed by atoms with van der Waals surface area (Å²) in [5.41, 5.74) is 0.678. The van der Waals surface area contributed by atoms with Crippen molar-refractivity contribution >= 4 is 34.0 Å². The smallest absolute Gasteiger partial charge is 0.234 e. The molecule has 2 saturated heterocycles. The number of ether oxygens (including phenoxy) is 4. The average molecular weight is 384 g/mol. The van der Waals surface area contributed by atoms with Gasteiger partial charge >= 0.3 is 0 Å². The van der Waals surface area contributed by atoms with Crippen LogP contribution in [0.25, 0.3) is 10.9 Å². The number of hydrogen-bond acceptors (Lipinski definition) is 9. The van der Waals surface area contributed by atoms with Crippen LogP contribution in [0.15, 0.2) is 16.7 Å². The topological polar surface area (TPSA) is 82.9 Å². The molecule has 0 amide bonds. The molecule has 0 saturated carbocycles. The minimum absolute atomic E-state index is 0.303. The standard InChI is InChI=1S/C16H20N2O5S2/c1-15(2)22-11-9(5-20-3)21-16(19,12(11)23-15)13-10-8(6-25-13)14(24-4)18-7-17-10/h6-7,9,11-12,19H,5H2,1-4H3. The summed E-state index contributed by atoms with van der Waals surface area (Å²) in [6, 6.07) is 0. The molecular weight excluding hydrogens is 364 g/mol. The first-order valence-electron chi connectivity index (χ1n) is 7.91. The third-order valence-corrected chi connectivity index (χ3v) is 6.21. The molecule has 0 bridgehead atoms. The first-order chi connectivity index (χ1) is 11.9. The molecule has 2 fully saturated rings. The number of fused-ring (bicyclic) bond motifs is 2. The highest BCUT2D eigenvalue weighted by molar-refractivity contribution is 7.98. The van der Waals surface area contributed by atoms with Crippen molar-refractivity contribution in [1.82, 2.24) is 9.97 Å². The van der Waals surface area contributed by atoms with Crippen LogP contribution in [0.4, 0.5) is 0 Å². The summed E-state index contributed by atoms with van der Waals surface area (Å²) in [4.78, 5) is 9.27. The molecule has 4 unspecified atom stereocenters. The Morgan fingerprint density at radius 3 is 2.84 bits per heavy atom. The van der Waals surface area contributed by atoms with E-state index in [1.165, 1.54) is 29.4 Å². The average Bonchev–Trinajstić information content (AvgIpc) is 3.21. The van der Waals surface area contributed by atoms with Gasteiger partial charge in [0.15, 0.2) is 5.79 Å². The van der Waals surface area contributed by atoms with Crippen molar-refractivity contribution in [1.29, 1.82) is 0 Å². The highest BCUT2D eigenvalue weighted by Crippen LogP contribution is 2.50. The molecule has 0 spiro atoms. The monoisotopic (exact) mass is 384 g/mol. The lowest BCUT2D eigenvalue weighted by atomic mass is 10.0. The summed E-state index contributed by atoms with van der Waals surface area (Å²) in [7, 11) is 1.59. The molecule has 4 heterocycles. The Hall–Kier alpha value is -0.810. The fraction of sp³-hybridized carbons (Fsp3) is 0.625. The lowest BCUT2D eigenvalue weighted by Gasteiger charge is -2.29. The molecule has 7 nitrogen and oxygen atoms in total. The van der Waals surface area contributed by atoms with Crippen molar-refractivity contribution in [2.45, 2.75) is 48.8 Å². The molecule has 4 atom stereocenters. The van der Waals surface area contributed by atoms with E-state index in [4.69, 9.17) is 18.9 Å². The first kappa shape index (κ1) is 17.6. The number of thiophene rings is 1. The lowest BCUT2D eigenvalue weighted by molar-refractivity contribution is -0.282. The number of methoxy groups -OCH3 is 1. The van der Waals surface area contributed by atoms with Crippen LogP contribution in [0.1, 0.15) is 18.7 Å². The van der Waals surface area contributed by atoms with E-state index in [0.717, 1.165) is 10.4 Å². The zero-order valence-electron chi connectivity index (χ0n) is 14.4. The summed E-state index contributed by atoms with van der Waals surface area (Å²) < 4.78 is 23.2. The van der Waals surface area contributed by atoms with Gasteiger partial charge in [-0.2, -0.15) is 0 Å². The van der Waals surface area contributed by atoms with Crippen molar-refractivity contribution in [3.63, 3.8) is 0 Å². The second-order valence-electron chi connectivity index (χ2n) is 6.54. The van der Waals surface area contributed by atoms with Crippen molar-refractivity contribution in [2.24, 2.45) is 0 Å². The number of nitrogens with zero attached hydrogens (tertiary/aromatic N) is 2.